The van der Waals surface area contributed by atoms with E-state index in [2.05, 4.69) is 10.2 Å². The Bertz CT molecular complexity index is 298. The molecule has 1 heterocycles. The van der Waals surface area contributed by atoms with Crippen molar-refractivity contribution in [2.24, 2.45) is 0 Å². The molecule has 0 aromatic rings. The van der Waals surface area contributed by atoms with Gasteiger partial charge in [0.25, 0.3) is 0 Å². The van der Waals surface area contributed by atoms with Crippen LogP contribution in [0.3, 0.4) is 0 Å². The van der Waals surface area contributed by atoms with E-state index in [1.807, 2.05) is 13.8 Å². The second-order valence-electron chi connectivity index (χ2n) is 5.26. The van der Waals surface area contributed by atoms with Crippen LogP contribution in [0.1, 0.15) is 33.1 Å². The van der Waals surface area contributed by atoms with Crippen LogP contribution in [-0.4, -0.2) is 61.9 Å². The van der Waals surface area contributed by atoms with Crippen molar-refractivity contribution >= 4 is 5.97 Å². The minimum atomic E-state index is -0.218. The first-order valence-electron chi connectivity index (χ1n) is 7.52. The Morgan fingerprint density at radius 1 is 1.47 bits per heavy atom. The Labute approximate surface area is 115 Å². The van der Waals surface area contributed by atoms with E-state index in [9.17, 15) is 4.79 Å². The Hall–Kier alpha value is -0.650. The van der Waals surface area contributed by atoms with Gasteiger partial charge < -0.3 is 14.8 Å². The van der Waals surface area contributed by atoms with Gasteiger partial charge in [0.1, 0.15) is 6.04 Å². The van der Waals surface area contributed by atoms with Crippen LogP contribution in [-0.2, 0) is 14.3 Å². The van der Waals surface area contributed by atoms with E-state index in [1.54, 1.807) is 0 Å². The molecule has 1 saturated heterocycles. The van der Waals surface area contributed by atoms with E-state index in [0.29, 0.717) is 18.8 Å². The van der Waals surface area contributed by atoms with Gasteiger partial charge in [-0.25, -0.2) is 0 Å². The summed E-state index contributed by atoms with van der Waals surface area (Å²) >= 11 is 0. The highest BCUT2D eigenvalue weighted by Crippen LogP contribution is 2.29. The van der Waals surface area contributed by atoms with Gasteiger partial charge in [-0.05, 0) is 32.7 Å². The number of likely N-dealkylation sites (N-methyl/N-ethyl adjacent to an activating group) is 1. The third-order valence-corrected chi connectivity index (χ3v) is 4.04. The zero-order valence-electron chi connectivity index (χ0n) is 12.1. The summed E-state index contributed by atoms with van der Waals surface area (Å²) < 4.78 is 11.0. The fourth-order valence-electron chi connectivity index (χ4n) is 3.18. The fraction of sp³-hybridized carbons (Fsp3) is 0.929. The van der Waals surface area contributed by atoms with Gasteiger partial charge in [-0.15, -0.1) is 0 Å². The minimum absolute atomic E-state index is 0.134. The second kappa shape index (κ2) is 7.22. The van der Waals surface area contributed by atoms with Crippen molar-refractivity contribution in [2.45, 2.75) is 51.3 Å². The maximum atomic E-state index is 12.0. The highest BCUT2D eigenvalue weighted by Gasteiger charge is 2.37. The van der Waals surface area contributed by atoms with Crippen LogP contribution in [0.25, 0.3) is 0 Å². The van der Waals surface area contributed by atoms with Crippen molar-refractivity contribution in [3.8, 4) is 0 Å². The predicted molar refractivity (Wildman–Crippen MR) is 73.0 cm³/mol. The van der Waals surface area contributed by atoms with Gasteiger partial charge in [0.2, 0.25) is 0 Å². The molecule has 3 unspecified atom stereocenters. The predicted octanol–water partition coefficient (Wildman–Crippen LogP) is 0.781. The quantitative estimate of drug-likeness (QED) is 0.723. The molecule has 1 aliphatic carbocycles. The molecule has 0 aromatic carbocycles. The Morgan fingerprint density at radius 3 is 3.05 bits per heavy atom. The highest BCUT2D eigenvalue weighted by atomic mass is 16.5. The summed E-state index contributed by atoms with van der Waals surface area (Å²) in [6, 6.07) is 0.272. The smallest absolute Gasteiger partial charge is 0.324 e. The minimum Gasteiger partial charge on any atom is -0.465 e. The first-order chi connectivity index (χ1) is 9.26. The van der Waals surface area contributed by atoms with Crippen LogP contribution < -0.4 is 5.32 Å². The molecule has 2 aliphatic rings. The van der Waals surface area contributed by atoms with E-state index in [1.165, 1.54) is 12.8 Å². The molecule has 0 spiro atoms. The van der Waals surface area contributed by atoms with E-state index < -0.39 is 0 Å². The summed E-state index contributed by atoms with van der Waals surface area (Å²) in [7, 11) is 0. The first kappa shape index (κ1) is 14.8. The summed E-state index contributed by atoms with van der Waals surface area (Å²) in [6.45, 7) is 7.52. The monoisotopic (exact) mass is 270 g/mol. The number of carbonyl (C=O) groups excluding carboxylic acids is 1. The van der Waals surface area contributed by atoms with E-state index >= 15 is 0 Å². The maximum Gasteiger partial charge on any atom is 0.324 e. The molecule has 19 heavy (non-hydrogen) atoms. The molecule has 110 valence electrons. The molecule has 0 radical (unpaired) electrons. The number of fused-ring (bicyclic) bond motifs is 1. The van der Waals surface area contributed by atoms with E-state index in [0.717, 1.165) is 32.7 Å². The molecule has 3 atom stereocenters. The zero-order chi connectivity index (χ0) is 13.7. The number of morpholine rings is 1. The number of ether oxygens (including phenoxy) is 2. The van der Waals surface area contributed by atoms with Gasteiger partial charge in [0.05, 0.1) is 19.3 Å². The number of nitrogens with one attached hydrogen (secondary N) is 1. The molecule has 2 rings (SSSR count). The molecule has 2 fully saturated rings. The van der Waals surface area contributed by atoms with Crippen molar-refractivity contribution in [2.75, 3.05) is 32.8 Å². The van der Waals surface area contributed by atoms with Gasteiger partial charge in [-0.2, -0.15) is 0 Å². The number of nitrogens with zero attached hydrogens (tertiary/aromatic N) is 1. The van der Waals surface area contributed by atoms with Crippen LogP contribution in [0.5, 0.6) is 0 Å². The third kappa shape index (κ3) is 3.68. The van der Waals surface area contributed by atoms with E-state index in [4.69, 9.17) is 9.47 Å². The Balaban J connectivity index is 1.93. The van der Waals surface area contributed by atoms with E-state index in [-0.39, 0.29) is 12.0 Å². The summed E-state index contributed by atoms with van der Waals surface area (Å²) in [6.07, 6.45) is 3.95. The van der Waals surface area contributed by atoms with Gasteiger partial charge in [-0.3, -0.25) is 9.69 Å². The lowest BCUT2D eigenvalue weighted by molar-refractivity contribution is -0.147. The number of esters is 1. The van der Waals surface area contributed by atoms with Crippen molar-refractivity contribution < 1.29 is 14.3 Å². The summed E-state index contributed by atoms with van der Waals surface area (Å²) in [5, 5.41) is 3.24. The molecule has 1 aliphatic heterocycles. The molecule has 0 amide bonds. The van der Waals surface area contributed by atoms with Crippen LogP contribution in [0.4, 0.5) is 0 Å². The average Bonchev–Trinajstić information content (AvgIpc) is 2.87. The Morgan fingerprint density at radius 2 is 2.32 bits per heavy atom. The zero-order valence-corrected chi connectivity index (χ0v) is 12.1. The Kier molecular flexibility index (Phi) is 5.60. The molecule has 1 saturated carbocycles. The van der Waals surface area contributed by atoms with Crippen molar-refractivity contribution in [3.63, 3.8) is 0 Å². The van der Waals surface area contributed by atoms with Crippen molar-refractivity contribution in [1.82, 2.24) is 10.2 Å². The lowest BCUT2D eigenvalue weighted by Gasteiger charge is -2.39. The molecular weight excluding hydrogens is 244 g/mol. The SMILES string of the molecule is CCNC(CN1CCOC2CCCC21)C(=O)OCC. The molecule has 5 nitrogen and oxygen atoms in total. The van der Waals surface area contributed by atoms with Gasteiger partial charge >= 0.3 is 5.97 Å². The van der Waals surface area contributed by atoms with Crippen molar-refractivity contribution in [3.05, 3.63) is 0 Å². The number of hydrogen-bond acceptors (Lipinski definition) is 5. The first-order valence-corrected chi connectivity index (χ1v) is 7.52. The van der Waals surface area contributed by atoms with Gasteiger partial charge in [-0.1, -0.05) is 6.92 Å². The van der Waals surface area contributed by atoms with Crippen LogP contribution in [0, 0.1) is 0 Å². The number of hydrogen-bond donors (Lipinski definition) is 1. The number of carbonyl (C=O) groups is 1. The molecule has 0 bridgehead atoms. The normalized spacial score (nSPS) is 28.9. The largest absolute Gasteiger partial charge is 0.465 e. The highest BCUT2D eigenvalue weighted by molar-refractivity contribution is 5.76. The van der Waals surface area contributed by atoms with Gasteiger partial charge in [0.15, 0.2) is 0 Å². The molecular formula is C14H26N2O3. The average molecular weight is 270 g/mol. The van der Waals surface area contributed by atoms with Crippen LogP contribution in [0.2, 0.25) is 0 Å². The lowest BCUT2D eigenvalue weighted by atomic mass is 10.1. The van der Waals surface area contributed by atoms with Crippen molar-refractivity contribution in [1.29, 1.82) is 0 Å². The van der Waals surface area contributed by atoms with Gasteiger partial charge in [0, 0.05) is 19.1 Å². The molecule has 5 heteroatoms. The summed E-state index contributed by atoms with van der Waals surface area (Å²) in [4.78, 5) is 14.4. The summed E-state index contributed by atoms with van der Waals surface area (Å²) in [5.74, 6) is -0.134. The lowest BCUT2D eigenvalue weighted by Crippen LogP contribution is -2.55. The maximum absolute atomic E-state index is 12.0. The topological polar surface area (TPSA) is 50.8 Å². The molecule has 1 N–H and O–H groups in total. The molecule has 0 aromatic heterocycles. The second-order valence-corrected chi connectivity index (χ2v) is 5.26. The fourth-order valence-corrected chi connectivity index (χ4v) is 3.18. The van der Waals surface area contributed by atoms with Crippen LogP contribution in [0.15, 0.2) is 0 Å². The van der Waals surface area contributed by atoms with Crippen LogP contribution >= 0.6 is 0 Å². The standard InChI is InChI=1S/C14H26N2O3/c1-3-15-11(14(17)18-4-2)10-16-8-9-19-13-7-5-6-12(13)16/h11-13,15H,3-10H2,1-2H3. The summed E-state index contributed by atoms with van der Waals surface area (Å²) in [5.41, 5.74) is 0. The third-order valence-electron chi connectivity index (χ3n) is 4.04. The number of rotatable bonds is 6.